The van der Waals surface area contributed by atoms with Crippen LogP contribution < -0.4 is 0 Å². The molecule has 0 aromatic heterocycles. The van der Waals surface area contributed by atoms with Gasteiger partial charge in [-0.15, -0.1) is 0 Å². The first-order valence-corrected chi connectivity index (χ1v) is 51.1. The fraction of sp³-hybridized carbons (Fsp3) is 0.833. The molecule has 650 valence electrons. The maximum absolute atomic E-state index is 13.0. The Hall–Kier alpha value is -1.99. The van der Waals surface area contributed by atoms with Crippen LogP contribution in [0.15, 0.2) is 47.5 Å². The summed E-state index contributed by atoms with van der Waals surface area (Å²) in [6.45, 7) is 26.0. The molecule has 2 aromatic rings. The van der Waals surface area contributed by atoms with E-state index in [9.17, 15) is 5.53 Å². The van der Waals surface area contributed by atoms with Crippen molar-refractivity contribution in [2.45, 2.75) is 582 Å². The molecular weight excluding hydrogens is 1380 g/mol. The summed E-state index contributed by atoms with van der Waals surface area (Å²) in [5, 5.41) is 0. The minimum Gasteiger partial charge on any atom is -0.493 e. The molecule has 3 rings (SSSR count). The van der Waals surface area contributed by atoms with Gasteiger partial charge in [0, 0.05) is 22.3 Å². The van der Waals surface area contributed by atoms with E-state index >= 15 is 0 Å². The van der Waals surface area contributed by atoms with Crippen LogP contribution in [0.4, 0.5) is 0 Å². The first kappa shape index (κ1) is 109. The average Bonchev–Trinajstić information content (AvgIpc) is 1.61. The van der Waals surface area contributed by atoms with Gasteiger partial charge in [0.25, 0.3) is 0 Å². The second-order valence-electron chi connectivity index (χ2n) is 35.6. The fourth-order valence-corrected chi connectivity index (χ4v) is 17.2. The predicted molar refractivity (Wildman–Crippen MR) is 501 cm³/mol. The van der Waals surface area contributed by atoms with Crippen LogP contribution in [-0.4, -0.2) is 4.70 Å². The van der Waals surface area contributed by atoms with Crippen LogP contribution in [0.5, 0.6) is 0 Å². The fourth-order valence-electron chi connectivity index (χ4n) is 17.2. The van der Waals surface area contributed by atoms with Gasteiger partial charge in [-0.05, 0) is 124 Å². The standard InChI is InChI=1S/C92H164N2.2C8H17.Ni/c1-7-13-19-22-24-26-28-30-32-34-36-38-40-42-44-46-48-50-52-54-56-58-60-62-64-66-68-73-85-77-83(71-16-10-4)79-87(81-85)91-89(75-18-12-6)90(76-70-21-15-9-3)92(94(91)93)88-80-84(72-17-11-5)78-86(82-88)74-69-67-65-63-61-59-57-55-53-51-49-47-45-43-41-39-37-35-33-31-29-27-25-23-20-14-8-2;2*1-3-5-7-8-6-4-2;/h77-82H,7-76H2,1-6H3;2*1,3-8H2,2H3;/q;2*-1;+2. The van der Waals surface area contributed by atoms with Crippen molar-refractivity contribution in [3.63, 3.8) is 0 Å². The number of rotatable bonds is 82. The summed E-state index contributed by atoms with van der Waals surface area (Å²) in [7, 11) is 0. The summed E-state index contributed by atoms with van der Waals surface area (Å²) in [5.74, 6) is 0. The van der Waals surface area contributed by atoms with Gasteiger partial charge in [0.1, 0.15) is 0 Å². The van der Waals surface area contributed by atoms with Crippen molar-refractivity contribution in [2.75, 3.05) is 0 Å². The van der Waals surface area contributed by atoms with Gasteiger partial charge in [0.15, 0.2) is 0 Å². The Morgan fingerprint density at radius 1 is 0.189 bits per heavy atom. The van der Waals surface area contributed by atoms with E-state index in [2.05, 4.69) is 106 Å². The van der Waals surface area contributed by atoms with Crippen molar-refractivity contribution < 1.29 is 21.2 Å². The summed E-state index contributed by atoms with van der Waals surface area (Å²) in [5.41, 5.74) is 26.4. The molecule has 0 bridgehead atoms. The smallest absolute Gasteiger partial charge is 0.493 e. The Morgan fingerprint density at radius 2 is 0.333 bits per heavy atom. The number of nitrogens with zero attached hydrogens (tertiary/aromatic N) is 2. The minimum atomic E-state index is 0. The van der Waals surface area contributed by atoms with Gasteiger partial charge >= 0.3 is 16.5 Å². The van der Waals surface area contributed by atoms with Crippen LogP contribution in [0.2, 0.25) is 0 Å². The molecule has 1 aliphatic heterocycles. The molecule has 0 saturated heterocycles. The number of aryl methyl sites for hydroxylation is 4. The molecule has 0 N–H and O–H groups in total. The SMILES string of the molecule is CCCCCCCCCCCCCCCCCCCCCCCCCCCCCc1cc(CCCC)cc(C2=C(CCCC)C(CCCCCC)=C(c3cc(CCCC)cc(CCCCCCCCCCCCCCCCCCCCCCCCCCCCC)c3)[N+]2=[N-])c1.[CH2-]CCCCCCC.[CH2-]CCCCCCC.[Ni+2]. The molecule has 0 fully saturated rings. The summed E-state index contributed by atoms with van der Waals surface area (Å²) in [4.78, 5) is 0. The molecule has 0 aliphatic carbocycles. The first-order chi connectivity index (χ1) is 54.3. The van der Waals surface area contributed by atoms with E-state index in [4.69, 9.17) is 0 Å². The quantitative estimate of drug-likeness (QED) is 0.0273. The van der Waals surface area contributed by atoms with Crippen LogP contribution in [0.3, 0.4) is 0 Å². The molecule has 2 aromatic carbocycles. The zero-order chi connectivity index (χ0) is 79.6. The second kappa shape index (κ2) is 87.3. The van der Waals surface area contributed by atoms with Crippen molar-refractivity contribution in [2.24, 2.45) is 0 Å². The van der Waals surface area contributed by atoms with Gasteiger partial charge in [-0.1, -0.05) is 504 Å². The van der Waals surface area contributed by atoms with Crippen molar-refractivity contribution in [3.05, 3.63) is 100 Å². The molecule has 0 amide bonds. The second-order valence-corrected chi connectivity index (χ2v) is 35.6. The van der Waals surface area contributed by atoms with E-state index in [0.717, 1.165) is 69.2 Å². The van der Waals surface area contributed by atoms with Gasteiger partial charge in [-0.25, -0.2) is 4.70 Å². The largest absolute Gasteiger partial charge is 2.00 e. The number of hydrogen-bond donors (Lipinski definition) is 0. The molecule has 1 heterocycles. The average molecular weight is 1580 g/mol. The number of hydrogen-bond acceptors (Lipinski definition) is 0. The van der Waals surface area contributed by atoms with Crippen LogP contribution >= 0.6 is 0 Å². The maximum atomic E-state index is 13.0. The van der Waals surface area contributed by atoms with E-state index in [1.807, 2.05) is 0 Å². The third-order valence-electron chi connectivity index (χ3n) is 24.6. The Labute approximate surface area is 710 Å². The van der Waals surface area contributed by atoms with E-state index < -0.39 is 0 Å². The summed E-state index contributed by atoms with van der Waals surface area (Å²) >= 11 is 0. The minimum absolute atomic E-state index is 0. The Kier molecular flexibility index (Phi) is 85.8. The van der Waals surface area contributed by atoms with Gasteiger partial charge in [-0.2, -0.15) is 12.8 Å². The Bertz CT molecular complexity index is 2280. The maximum Gasteiger partial charge on any atom is 2.00 e. The van der Waals surface area contributed by atoms with Gasteiger partial charge in [-0.3, -0.25) is 0 Å². The molecule has 0 spiro atoms. The summed E-state index contributed by atoms with van der Waals surface area (Å²) in [6, 6.07) is 15.1. The molecule has 1 aliphatic rings. The number of unbranched alkanes of at least 4 members (excludes halogenated alkanes) is 68. The van der Waals surface area contributed by atoms with Crippen LogP contribution in [0.1, 0.15) is 590 Å². The molecule has 3 heteroatoms. The zero-order valence-corrected chi connectivity index (χ0v) is 78.1. The van der Waals surface area contributed by atoms with Crippen LogP contribution in [-0.2, 0) is 42.2 Å². The van der Waals surface area contributed by atoms with E-state index in [1.54, 1.807) is 4.70 Å². The van der Waals surface area contributed by atoms with Crippen molar-refractivity contribution >= 4 is 11.4 Å². The third kappa shape index (κ3) is 65.6. The van der Waals surface area contributed by atoms with Crippen molar-refractivity contribution in [1.29, 1.82) is 0 Å². The van der Waals surface area contributed by atoms with Crippen LogP contribution in [0, 0.1) is 13.8 Å². The molecule has 0 atom stereocenters. The van der Waals surface area contributed by atoms with Crippen molar-refractivity contribution in [1.82, 2.24) is 0 Å². The Balaban J connectivity index is 0.00000636. The Morgan fingerprint density at radius 3 is 0.532 bits per heavy atom. The van der Waals surface area contributed by atoms with Gasteiger partial charge in [0.05, 0.1) is 0 Å². The van der Waals surface area contributed by atoms with E-state index in [1.165, 1.54) is 513 Å². The topological polar surface area (TPSA) is 25.3 Å². The predicted octanol–water partition coefficient (Wildman–Crippen LogP) is 39.3. The molecular formula is C108H198N2Ni. The van der Waals surface area contributed by atoms with Gasteiger partial charge in [0.2, 0.25) is 11.4 Å². The molecule has 111 heavy (non-hydrogen) atoms. The molecule has 0 unspecified atom stereocenters. The monoisotopic (exact) mass is 1580 g/mol. The summed E-state index contributed by atoms with van der Waals surface area (Å²) < 4.78 is 1.73. The zero-order valence-electron chi connectivity index (χ0n) is 77.1. The van der Waals surface area contributed by atoms with E-state index in [-0.39, 0.29) is 16.5 Å². The third-order valence-corrected chi connectivity index (χ3v) is 24.6. The normalized spacial score (nSPS) is 12.2. The number of allylic oxidation sites excluding steroid dienone is 2. The molecule has 0 saturated carbocycles. The van der Waals surface area contributed by atoms with Gasteiger partial charge < -0.3 is 19.4 Å². The molecule has 0 radical (unpaired) electrons. The first-order valence-electron chi connectivity index (χ1n) is 51.1. The summed E-state index contributed by atoms with van der Waals surface area (Å²) in [6.07, 6.45) is 112. The number of benzene rings is 2. The van der Waals surface area contributed by atoms with Crippen LogP contribution in [0.25, 0.3) is 16.9 Å². The van der Waals surface area contributed by atoms with Crippen molar-refractivity contribution in [3.8, 4) is 0 Å². The molecule has 2 nitrogen and oxygen atoms in total. The van der Waals surface area contributed by atoms with E-state index in [0.29, 0.717) is 0 Å².